The van der Waals surface area contributed by atoms with Gasteiger partial charge in [-0.05, 0) is 43.2 Å². The third-order valence-electron chi connectivity index (χ3n) is 4.29. The zero-order valence-corrected chi connectivity index (χ0v) is 16.5. The van der Waals surface area contributed by atoms with Crippen LogP contribution in [0.15, 0.2) is 57.9 Å². The lowest BCUT2D eigenvalue weighted by molar-refractivity contribution is -0.151. The smallest absolute Gasteiger partial charge is 0.347 e. The van der Waals surface area contributed by atoms with Gasteiger partial charge in [-0.25, -0.2) is 4.79 Å². The number of benzene rings is 2. The zero-order chi connectivity index (χ0) is 20.1. The van der Waals surface area contributed by atoms with E-state index in [0.29, 0.717) is 33.9 Å². The monoisotopic (exact) mass is 400 g/mol. The minimum absolute atomic E-state index is 0.151. The molecule has 5 nitrogen and oxygen atoms in total. The lowest BCUT2D eigenvalue weighted by Gasteiger charge is -2.14. The Morgan fingerprint density at radius 3 is 2.64 bits per heavy atom. The van der Waals surface area contributed by atoms with Crippen LogP contribution in [-0.4, -0.2) is 18.7 Å². The minimum atomic E-state index is -0.755. The van der Waals surface area contributed by atoms with E-state index in [0.717, 1.165) is 18.4 Å². The van der Waals surface area contributed by atoms with E-state index in [1.807, 2.05) is 6.92 Å². The van der Waals surface area contributed by atoms with E-state index in [2.05, 4.69) is 0 Å². The maximum Gasteiger partial charge on any atom is 0.347 e. The Labute approximate surface area is 167 Å². The second-order valence-corrected chi connectivity index (χ2v) is 6.86. The second kappa shape index (κ2) is 8.93. The first-order valence-electron chi connectivity index (χ1n) is 9.14. The highest BCUT2D eigenvalue weighted by molar-refractivity contribution is 6.30. The van der Waals surface area contributed by atoms with Gasteiger partial charge in [-0.3, -0.25) is 4.79 Å². The standard InChI is InChI=1S/C22H21ClO5/c1-3-4-11-26-22(25)14(2)28-17-9-10-18-20(12-17)27-13-19(21(18)24)15-5-7-16(23)8-6-15/h5-10,12-14H,3-4,11H2,1-2H3/t14-/m1/s1. The molecular formula is C22H21ClO5. The van der Waals surface area contributed by atoms with Gasteiger partial charge in [0.25, 0.3) is 0 Å². The molecule has 0 aliphatic carbocycles. The van der Waals surface area contributed by atoms with Gasteiger partial charge in [0.15, 0.2) is 11.5 Å². The van der Waals surface area contributed by atoms with Crippen molar-refractivity contribution < 1.29 is 18.7 Å². The molecule has 0 N–H and O–H groups in total. The summed E-state index contributed by atoms with van der Waals surface area (Å²) in [5, 5.41) is 1.02. The number of carbonyl (C=O) groups excluding carboxylic acids is 1. The zero-order valence-electron chi connectivity index (χ0n) is 15.7. The maximum atomic E-state index is 12.8. The molecule has 1 heterocycles. The summed E-state index contributed by atoms with van der Waals surface area (Å²) < 4.78 is 16.4. The highest BCUT2D eigenvalue weighted by Crippen LogP contribution is 2.24. The topological polar surface area (TPSA) is 65.7 Å². The predicted octanol–water partition coefficient (Wildman–Crippen LogP) is 5.22. The summed E-state index contributed by atoms with van der Waals surface area (Å²) in [7, 11) is 0. The molecule has 0 amide bonds. The Kier molecular flexibility index (Phi) is 6.37. The Bertz CT molecular complexity index is 1020. The summed E-state index contributed by atoms with van der Waals surface area (Å²) in [5.41, 5.74) is 1.41. The van der Waals surface area contributed by atoms with Gasteiger partial charge in [0.1, 0.15) is 17.6 Å². The van der Waals surface area contributed by atoms with Crippen LogP contribution >= 0.6 is 11.6 Å². The maximum absolute atomic E-state index is 12.8. The van der Waals surface area contributed by atoms with Crippen molar-refractivity contribution >= 4 is 28.5 Å². The second-order valence-electron chi connectivity index (χ2n) is 6.42. The van der Waals surface area contributed by atoms with Crippen LogP contribution in [0.3, 0.4) is 0 Å². The van der Waals surface area contributed by atoms with Crippen molar-refractivity contribution in [1.29, 1.82) is 0 Å². The minimum Gasteiger partial charge on any atom is -0.479 e. The molecule has 28 heavy (non-hydrogen) atoms. The van der Waals surface area contributed by atoms with Crippen LogP contribution in [-0.2, 0) is 9.53 Å². The summed E-state index contributed by atoms with van der Waals surface area (Å²) in [6, 6.07) is 11.8. The fourth-order valence-corrected chi connectivity index (χ4v) is 2.82. The van der Waals surface area contributed by atoms with Crippen molar-refractivity contribution in [2.45, 2.75) is 32.8 Å². The number of esters is 1. The van der Waals surface area contributed by atoms with Crippen molar-refractivity contribution in [3.8, 4) is 16.9 Å². The lowest BCUT2D eigenvalue weighted by atomic mass is 10.1. The molecule has 146 valence electrons. The molecule has 6 heteroatoms. The van der Waals surface area contributed by atoms with Gasteiger partial charge in [-0.1, -0.05) is 37.1 Å². The van der Waals surface area contributed by atoms with Crippen LogP contribution in [0, 0.1) is 0 Å². The Morgan fingerprint density at radius 1 is 1.18 bits per heavy atom. The number of unbranched alkanes of at least 4 members (excludes halogenated alkanes) is 1. The predicted molar refractivity (Wildman–Crippen MR) is 109 cm³/mol. The highest BCUT2D eigenvalue weighted by atomic mass is 35.5. The molecule has 0 aliphatic heterocycles. The molecule has 3 rings (SSSR count). The van der Waals surface area contributed by atoms with E-state index in [4.69, 9.17) is 25.5 Å². The summed E-state index contributed by atoms with van der Waals surface area (Å²) in [5.74, 6) is 0.00270. The van der Waals surface area contributed by atoms with Crippen LogP contribution in [0.4, 0.5) is 0 Å². The summed E-state index contributed by atoms with van der Waals surface area (Å²) in [6.45, 7) is 4.02. The van der Waals surface area contributed by atoms with Crippen molar-refractivity contribution in [2.24, 2.45) is 0 Å². The third-order valence-corrected chi connectivity index (χ3v) is 4.54. The first kappa shape index (κ1) is 20.0. The van der Waals surface area contributed by atoms with Crippen molar-refractivity contribution in [3.63, 3.8) is 0 Å². The molecule has 0 radical (unpaired) electrons. The number of hydrogen-bond acceptors (Lipinski definition) is 5. The quantitative estimate of drug-likeness (QED) is 0.401. The normalized spacial score (nSPS) is 12.0. The number of halogens is 1. The van der Waals surface area contributed by atoms with Crippen LogP contribution in [0.2, 0.25) is 5.02 Å². The molecule has 0 aliphatic rings. The first-order chi connectivity index (χ1) is 13.5. The van der Waals surface area contributed by atoms with Gasteiger partial charge < -0.3 is 13.9 Å². The van der Waals surface area contributed by atoms with Crippen molar-refractivity contribution in [2.75, 3.05) is 6.61 Å². The molecule has 0 unspecified atom stereocenters. The van der Waals surface area contributed by atoms with Crippen molar-refractivity contribution in [1.82, 2.24) is 0 Å². The average Bonchev–Trinajstić information content (AvgIpc) is 2.69. The van der Waals surface area contributed by atoms with Crippen LogP contribution in [0.5, 0.6) is 5.75 Å². The van der Waals surface area contributed by atoms with Crippen LogP contribution in [0.25, 0.3) is 22.1 Å². The molecule has 0 fully saturated rings. The fraction of sp³-hybridized carbons (Fsp3) is 0.273. The Hall–Kier alpha value is -2.79. The van der Waals surface area contributed by atoms with Gasteiger partial charge in [0, 0.05) is 11.1 Å². The van der Waals surface area contributed by atoms with Crippen LogP contribution < -0.4 is 10.2 Å². The van der Waals surface area contributed by atoms with Gasteiger partial charge in [0.05, 0.1) is 17.6 Å². The summed E-state index contributed by atoms with van der Waals surface area (Å²) in [4.78, 5) is 24.7. The molecule has 1 atom stereocenters. The molecular weight excluding hydrogens is 380 g/mol. The van der Waals surface area contributed by atoms with Gasteiger partial charge in [-0.2, -0.15) is 0 Å². The van der Waals surface area contributed by atoms with Gasteiger partial charge in [-0.15, -0.1) is 0 Å². The van der Waals surface area contributed by atoms with E-state index >= 15 is 0 Å². The molecule has 0 spiro atoms. The number of carbonyl (C=O) groups is 1. The number of ether oxygens (including phenoxy) is 2. The first-order valence-corrected chi connectivity index (χ1v) is 9.52. The highest BCUT2D eigenvalue weighted by Gasteiger charge is 2.17. The summed E-state index contributed by atoms with van der Waals surface area (Å²) >= 11 is 5.90. The average molecular weight is 401 g/mol. The third kappa shape index (κ3) is 4.54. The fourth-order valence-electron chi connectivity index (χ4n) is 2.70. The van der Waals surface area contributed by atoms with E-state index in [1.165, 1.54) is 6.26 Å². The van der Waals surface area contributed by atoms with Gasteiger partial charge in [0.2, 0.25) is 0 Å². The van der Waals surface area contributed by atoms with E-state index in [-0.39, 0.29) is 5.43 Å². The molecule has 0 bridgehead atoms. The Morgan fingerprint density at radius 2 is 1.93 bits per heavy atom. The number of rotatable bonds is 7. The van der Waals surface area contributed by atoms with Crippen molar-refractivity contribution in [3.05, 3.63) is 64.0 Å². The van der Waals surface area contributed by atoms with E-state index in [1.54, 1.807) is 49.4 Å². The molecule has 3 aromatic rings. The largest absolute Gasteiger partial charge is 0.479 e. The van der Waals surface area contributed by atoms with Crippen LogP contribution in [0.1, 0.15) is 26.7 Å². The number of fused-ring (bicyclic) bond motifs is 1. The molecule has 2 aromatic carbocycles. The summed E-state index contributed by atoms with van der Waals surface area (Å²) in [6.07, 6.45) is 2.43. The van der Waals surface area contributed by atoms with E-state index in [9.17, 15) is 9.59 Å². The Balaban J connectivity index is 1.81. The number of hydrogen-bond donors (Lipinski definition) is 0. The molecule has 1 aromatic heterocycles. The lowest BCUT2D eigenvalue weighted by Crippen LogP contribution is -2.26. The molecule has 0 saturated heterocycles. The van der Waals surface area contributed by atoms with Gasteiger partial charge >= 0.3 is 5.97 Å². The molecule has 0 saturated carbocycles. The van der Waals surface area contributed by atoms with E-state index < -0.39 is 12.1 Å². The SMILES string of the molecule is CCCCOC(=O)[C@@H](C)Oc1ccc2c(=O)c(-c3ccc(Cl)cc3)coc2c1.